The average Bonchev–Trinajstić information content (AvgIpc) is 2.88. The Balaban J connectivity index is 2.10. The van der Waals surface area contributed by atoms with Crippen molar-refractivity contribution >= 4 is 5.65 Å². The fourth-order valence-electron chi connectivity index (χ4n) is 1.72. The van der Waals surface area contributed by atoms with Crippen molar-refractivity contribution in [2.45, 2.75) is 26.2 Å². The van der Waals surface area contributed by atoms with Crippen molar-refractivity contribution in [2.75, 3.05) is 0 Å². The summed E-state index contributed by atoms with van der Waals surface area (Å²) in [6.07, 6.45) is 7.50. The van der Waals surface area contributed by atoms with Crippen LogP contribution in [0, 0.1) is 12.8 Å². The molecule has 72 valence electrons. The van der Waals surface area contributed by atoms with Crippen molar-refractivity contribution in [3.8, 4) is 0 Å². The van der Waals surface area contributed by atoms with Gasteiger partial charge in [0.1, 0.15) is 5.82 Å². The Morgan fingerprint density at radius 1 is 1.43 bits per heavy atom. The zero-order valence-electron chi connectivity index (χ0n) is 8.14. The molecule has 0 N–H and O–H groups in total. The van der Waals surface area contributed by atoms with E-state index in [4.69, 9.17) is 0 Å². The van der Waals surface area contributed by atoms with Gasteiger partial charge < -0.3 is 0 Å². The van der Waals surface area contributed by atoms with Crippen LogP contribution in [0.15, 0.2) is 12.4 Å². The van der Waals surface area contributed by atoms with Crippen LogP contribution in [-0.2, 0) is 6.42 Å². The van der Waals surface area contributed by atoms with Gasteiger partial charge in [0, 0.05) is 18.8 Å². The van der Waals surface area contributed by atoms with E-state index in [2.05, 4.69) is 19.6 Å². The van der Waals surface area contributed by atoms with Gasteiger partial charge in [0.2, 0.25) is 0 Å². The highest BCUT2D eigenvalue weighted by molar-refractivity contribution is 5.42. The molecule has 0 bridgehead atoms. The van der Waals surface area contributed by atoms with E-state index in [-0.39, 0.29) is 0 Å². The lowest BCUT2D eigenvalue weighted by Gasteiger charge is -1.98. The molecule has 0 amide bonds. The van der Waals surface area contributed by atoms with Gasteiger partial charge in [-0.1, -0.05) is 0 Å². The minimum Gasteiger partial charge on any atom is -0.283 e. The number of fused-ring (bicyclic) bond motifs is 1. The standard InChI is InChI=1S/C10H12N4/c1-7-10-13-12-9(6-8-2-3-8)14(10)5-4-11-7/h4-5,8H,2-3,6H2,1H3. The van der Waals surface area contributed by atoms with Crippen LogP contribution in [0.5, 0.6) is 0 Å². The van der Waals surface area contributed by atoms with Crippen LogP contribution in [0.3, 0.4) is 0 Å². The number of rotatable bonds is 2. The van der Waals surface area contributed by atoms with Gasteiger partial charge in [0.25, 0.3) is 0 Å². The van der Waals surface area contributed by atoms with Crippen molar-refractivity contribution < 1.29 is 0 Å². The molecular weight excluding hydrogens is 176 g/mol. The lowest BCUT2D eigenvalue weighted by atomic mass is 10.3. The zero-order valence-corrected chi connectivity index (χ0v) is 8.14. The second-order valence-electron chi connectivity index (χ2n) is 3.97. The minimum absolute atomic E-state index is 0.843. The first-order valence-corrected chi connectivity index (χ1v) is 5.00. The molecule has 0 radical (unpaired) electrons. The highest BCUT2D eigenvalue weighted by Gasteiger charge is 2.24. The monoisotopic (exact) mass is 188 g/mol. The van der Waals surface area contributed by atoms with Crippen LogP contribution >= 0.6 is 0 Å². The molecule has 1 aliphatic carbocycles. The van der Waals surface area contributed by atoms with Crippen molar-refractivity contribution in [2.24, 2.45) is 5.92 Å². The summed E-state index contributed by atoms with van der Waals surface area (Å²) < 4.78 is 2.06. The van der Waals surface area contributed by atoms with Crippen LogP contribution in [0.2, 0.25) is 0 Å². The molecule has 1 saturated carbocycles. The fourth-order valence-corrected chi connectivity index (χ4v) is 1.72. The maximum absolute atomic E-state index is 4.21. The van der Waals surface area contributed by atoms with Crippen LogP contribution in [0.4, 0.5) is 0 Å². The highest BCUT2D eigenvalue weighted by atomic mass is 15.3. The molecule has 0 aromatic carbocycles. The van der Waals surface area contributed by atoms with E-state index >= 15 is 0 Å². The molecule has 0 spiro atoms. The van der Waals surface area contributed by atoms with E-state index in [1.54, 1.807) is 0 Å². The van der Waals surface area contributed by atoms with Gasteiger partial charge in [0.15, 0.2) is 5.65 Å². The third-order valence-electron chi connectivity index (χ3n) is 2.74. The van der Waals surface area contributed by atoms with Crippen molar-refractivity contribution in [3.63, 3.8) is 0 Å². The molecule has 0 unspecified atom stereocenters. The lowest BCUT2D eigenvalue weighted by Crippen LogP contribution is -1.97. The SMILES string of the molecule is Cc1nccn2c(CC3CC3)nnc12. The Morgan fingerprint density at radius 2 is 2.29 bits per heavy atom. The predicted molar refractivity (Wildman–Crippen MR) is 51.9 cm³/mol. The maximum atomic E-state index is 4.21. The second-order valence-corrected chi connectivity index (χ2v) is 3.97. The molecule has 4 heteroatoms. The zero-order chi connectivity index (χ0) is 9.54. The summed E-state index contributed by atoms with van der Waals surface area (Å²) in [6, 6.07) is 0. The summed E-state index contributed by atoms with van der Waals surface area (Å²) in [5.74, 6) is 1.92. The summed E-state index contributed by atoms with van der Waals surface area (Å²) in [7, 11) is 0. The third-order valence-corrected chi connectivity index (χ3v) is 2.74. The molecule has 14 heavy (non-hydrogen) atoms. The van der Waals surface area contributed by atoms with Gasteiger partial charge in [-0.2, -0.15) is 0 Å². The molecule has 3 rings (SSSR count). The summed E-state index contributed by atoms with van der Waals surface area (Å²) in [5, 5.41) is 8.36. The fraction of sp³-hybridized carbons (Fsp3) is 0.500. The van der Waals surface area contributed by atoms with Gasteiger partial charge in [0.05, 0.1) is 5.69 Å². The highest BCUT2D eigenvalue weighted by Crippen LogP contribution is 2.32. The quantitative estimate of drug-likeness (QED) is 0.715. The Labute approximate surface area is 82.0 Å². The van der Waals surface area contributed by atoms with Crippen LogP contribution < -0.4 is 0 Å². The molecular formula is C10H12N4. The van der Waals surface area contributed by atoms with Gasteiger partial charge in [-0.3, -0.25) is 9.38 Å². The summed E-state index contributed by atoms with van der Waals surface area (Å²) >= 11 is 0. The van der Waals surface area contributed by atoms with E-state index < -0.39 is 0 Å². The Hall–Kier alpha value is -1.45. The van der Waals surface area contributed by atoms with Crippen LogP contribution in [0.1, 0.15) is 24.4 Å². The van der Waals surface area contributed by atoms with Crippen molar-refractivity contribution in [3.05, 3.63) is 23.9 Å². The molecule has 2 aromatic rings. The third kappa shape index (κ3) is 1.18. The van der Waals surface area contributed by atoms with Crippen molar-refractivity contribution in [1.82, 2.24) is 19.6 Å². The first kappa shape index (κ1) is 7.91. The molecule has 4 nitrogen and oxygen atoms in total. The largest absolute Gasteiger partial charge is 0.283 e. The summed E-state index contributed by atoms with van der Waals surface area (Å²) in [6.45, 7) is 1.96. The number of hydrogen-bond acceptors (Lipinski definition) is 3. The van der Waals surface area contributed by atoms with E-state index in [0.29, 0.717) is 0 Å². The van der Waals surface area contributed by atoms with E-state index in [1.165, 1.54) is 12.8 Å². The summed E-state index contributed by atoms with van der Waals surface area (Å²) in [4.78, 5) is 4.19. The molecule has 0 atom stereocenters. The smallest absolute Gasteiger partial charge is 0.182 e. The molecule has 2 aromatic heterocycles. The van der Waals surface area contributed by atoms with Crippen molar-refractivity contribution in [1.29, 1.82) is 0 Å². The van der Waals surface area contributed by atoms with E-state index in [0.717, 1.165) is 29.5 Å². The summed E-state index contributed by atoms with van der Waals surface area (Å²) in [5.41, 5.74) is 1.84. The second kappa shape index (κ2) is 2.77. The van der Waals surface area contributed by atoms with Gasteiger partial charge in [-0.15, -0.1) is 10.2 Å². The first-order chi connectivity index (χ1) is 6.84. The number of hydrogen-bond donors (Lipinski definition) is 0. The lowest BCUT2D eigenvalue weighted by molar-refractivity contribution is 0.757. The molecule has 2 heterocycles. The molecule has 1 fully saturated rings. The molecule has 0 saturated heterocycles. The Morgan fingerprint density at radius 3 is 3.07 bits per heavy atom. The average molecular weight is 188 g/mol. The van der Waals surface area contributed by atoms with E-state index in [9.17, 15) is 0 Å². The van der Waals surface area contributed by atoms with Gasteiger partial charge >= 0.3 is 0 Å². The van der Waals surface area contributed by atoms with E-state index in [1.807, 2.05) is 19.3 Å². The number of aromatic nitrogens is 4. The Kier molecular flexibility index (Phi) is 1.56. The molecule has 0 aliphatic heterocycles. The van der Waals surface area contributed by atoms with Gasteiger partial charge in [-0.25, -0.2) is 0 Å². The Bertz CT molecular complexity index is 470. The first-order valence-electron chi connectivity index (χ1n) is 5.00. The maximum Gasteiger partial charge on any atom is 0.182 e. The van der Waals surface area contributed by atoms with Crippen LogP contribution in [0.25, 0.3) is 5.65 Å². The number of nitrogens with zero attached hydrogens (tertiary/aromatic N) is 4. The van der Waals surface area contributed by atoms with Crippen LogP contribution in [-0.4, -0.2) is 19.6 Å². The minimum atomic E-state index is 0.843. The topological polar surface area (TPSA) is 43.1 Å². The molecule has 1 aliphatic rings. The normalized spacial score (nSPS) is 16.4. The van der Waals surface area contributed by atoms with Gasteiger partial charge in [-0.05, 0) is 25.7 Å². The predicted octanol–water partition coefficient (Wildman–Crippen LogP) is 1.39. The number of aryl methyl sites for hydroxylation is 1.